The molecule has 0 aromatic heterocycles. The van der Waals surface area contributed by atoms with Crippen LogP contribution in [0.15, 0.2) is 53.4 Å². The van der Waals surface area contributed by atoms with Crippen molar-refractivity contribution in [3.05, 3.63) is 59.7 Å². The third-order valence-corrected chi connectivity index (χ3v) is 6.03. The number of carbonyl (C=O) groups is 1. The number of benzene rings is 2. The Hall–Kier alpha value is -2.18. The zero-order valence-corrected chi connectivity index (χ0v) is 15.4. The summed E-state index contributed by atoms with van der Waals surface area (Å²) >= 11 is 0. The molecule has 0 unspecified atom stereocenters. The predicted octanol–water partition coefficient (Wildman–Crippen LogP) is 2.51. The van der Waals surface area contributed by atoms with Gasteiger partial charge in [-0.2, -0.15) is 0 Å². The first-order chi connectivity index (χ1) is 11.7. The van der Waals surface area contributed by atoms with Crippen LogP contribution in [0.4, 0.5) is 5.69 Å². The number of nitrogens with one attached hydrogen (secondary N) is 1. The zero-order chi connectivity index (χ0) is 18.2. The van der Waals surface area contributed by atoms with Crippen LogP contribution in [0.25, 0.3) is 0 Å². The van der Waals surface area contributed by atoms with Crippen LogP contribution >= 0.6 is 0 Å². The molecule has 5 nitrogen and oxygen atoms in total. The third-order valence-electron chi connectivity index (χ3n) is 4.34. The van der Waals surface area contributed by atoms with E-state index in [1.807, 2.05) is 44.2 Å². The fourth-order valence-corrected chi connectivity index (χ4v) is 4.64. The summed E-state index contributed by atoms with van der Waals surface area (Å²) in [6.07, 6.45) is 0.821. The number of hydrogen-bond acceptors (Lipinski definition) is 3. The minimum absolute atomic E-state index is 0.0260. The summed E-state index contributed by atoms with van der Waals surface area (Å²) in [6.45, 7) is 3.73. The van der Waals surface area contributed by atoms with Gasteiger partial charge in [-0.05, 0) is 49.6 Å². The van der Waals surface area contributed by atoms with Crippen LogP contribution in [-0.2, 0) is 27.7 Å². The number of fused-ring (bicyclic) bond motifs is 1. The second kappa shape index (κ2) is 6.28. The van der Waals surface area contributed by atoms with Gasteiger partial charge < -0.3 is 4.90 Å². The highest BCUT2D eigenvalue weighted by molar-refractivity contribution is 7.89. The summed E-state index contributed by atoms with van der Waals surface area (Å²) in [7, 11) is -1.98. The number of anilines is 1. The molecule has 2 aromatic carbocycles. The molecule has 132 valence electrons. The minimum atomic E-state index is -3.67. The molecule has 3 rings (SSSR count). The van der Waals surface area contributed by atoms with E-state index in [9.17, 15) is 13.2 Å². The largest absolute Gasteiger partial charge is 0.315 e. The van der Waals surface area contributed by atoms with Crippen molar-refractivity contribution in [2.75, 3.05) is 11.9 Å². The Morgan fingerprint density at radius 2 is 1.80 bits per heavy atom. The Bertz CT molecular complexity index is 906. The summed E-state index contributed by atoms with van der Waals surface area (Å²) in [5, 5.41) is 0. The predicted molar refractivity (Wildman–Crippen MR) is 98.1 cm³/mol. The number of hydrogen-bond donors (Lipinski definition) is 1. The first-order valence-corrected chi connectivity index (χ1v) is 9.64. The van der Waals surface area contributed by atoms with Crippen molar-refractivity contribution < 1.29 is 13.2 Å². The fourth-order valence-electron chi connectivity index (χ4n) is 3.18. The lowest BCUT2D eigenvalue weighted by Crippen LogP contribution is -2.45. The number of carbonyl (C=O) groups excluding carboxylic acids is 1. The molecule has 1 heterocycles. The monoisotopic (exact) mass is 358 g/mol. The average Bonchev–Trinajstić information content (AvgIpc) is 2.81. The number of amides is 1. The number of likely N-dealkylation sites (N-methyl/N-ethyl adjacent to an activating group) is 1. The van der Waals surface area contributed by atoms with Crippen molar-refractivity contribution in [3.63, 3.8) is 0 Å². The highest BCUT2D eigenvalue weighted by atomic mass is 32.2. The molecular weight excluding hydrogens is 336 g/mol. The van der Waals surface area contributed by atoms with Crippen molar-refractivity contribution in [2.24, 2.45) is 0 Å². The van der Waals surface area contributed by atoms with E-state index >= 15 is 0 Å². The van der Waals surface area contributed by atoms with Crippen molar-refractivity contribution in [1.29, 1.82) is 0 Å². The Morgan fingerprint density at radius 3 is 2.48 bits per heavy atom. The molecule has 1 aliphatic rings. The summed E-state index contributed by atoms with van der Waals surface area (Å²) in [5.74, 6) is -0.0260. The van der Waals surface area contributed by atoms with Gasteiger partial charge in [0.15, 0.2) is 0 Å². The van der Waals surface area contributed by atoms with Crippen LogP contribution in [0.3, 0.4) is 0 Å². The molecular formula is C19H22N2O3S. The van der Waals surface area contributed by atoms with E-state index in [0.717, 1.165) is 16.8 Å². The molecule has 6 heteroatoms. The Balaban J connectivity index is 1.83. The van der Waals surface area contributed by atoms with E-state index < -0.39 is 15.6 Å². The minimum Gasteiger partial charge on any atom is -0.315 e. The SMILES string of the molecule is CN1C(=O)Cc2cc(S(=O)(=O)NC(C)(C)Cc3ccccc3)ccc21. The van der Waals surface area contributed by atoms with Gasteiger partial charge in [-0.15, -0.1) is 0 Å². The van der Waals surface area contributed by atoms with Gasteiger partial charge in [0.25, 0.3) is 0 Å². The maximum Gasteiger partial charge on any atom is 0.241 e. The number of sulfonamides is 1. The Morgan fingerprint density at radius 1 is 1.12 bits per heavy atom. The van der Waals surface area contributed by atoms with Gasteiger partial charge in [-0.3, -0.25) is 4.79 Å². The molecule has 0 fully saturated rings. The van der Waals surface area contributed by atoms with E-state index in [-0.39, 0.29) is 17.2 Å². The van der Waals surface area contributed by atoms with Gasteiger partial charge in [-0.1, -0.05) is 30.3 Å². The summed E-state index contributed by atoms with van der Waals surface area (Å²) in [6, 6.07) is 14.6. The second-order valence-corrected chi connectivity index (χ2v) is 8.75. The molecule has 1 N–H and O–H groups in total. The lowest BCUT2D eigenvalue weighted by molar-refractivity contribution is -0.117. The second-order valence-electron chi connectivity index (χ2n) is 7.07. The fraction of sp³-hybridized carbons (Fsp3) is 0.316. The van der Waals surface area contributed by atoms with E-state index in [1.165, 1.54) is 0 Å². The van der Waals surface area contributed by atoms with Crippen molar-refractivity contribution in [3.8, 4) is 0 Å². The lowest BCUT2D eigenvalue weighted by atomic mass is 9.96. The highest BCUT2D eigenvalue weighted by Gasteiger charge is 2.29. The van der Waals surface area contributed by atoms with Crippen molar-refractivity contribution in [1.82, 2.24) is 4.72 Å². The Kier molecular flexibility index (Phi) is 4.43. The molecule has 0 aliphatic carbocycles. The van der Waals surface area contributed by atoms with E-state index in [2.05, 4.69) is 4.72 Å². The first kappa shape index (κ1) is 17.6. The van der Waals surface area contributed by atoms with Gasteiger partial charge >= 0.3 is 0 Å². The number of rotatable bonds is 5. The van der Waals surface area contributed by atoms with Gasteiger partial charge in [0.2, 0.25) is 15.9 Å². The molecule has 1 aliphatic heterocycles. The highest BCUT2D eigenvalue weighted by Crippen LogP contribution is 2.30. The molecule has 0 spiro atoms. The van der Waals surface area contributed by atoms with Crippen LogP contribution in [0.1, 0.15) is 25.0 Å². The van der Waals surface area contributed by atoms with E-state index in [0.29, 0.717) is 6.42 Å². The van der Waals surface area contributed by atoms with Gasteiger partial charge in [0, 0.05) is 18.3 Å². The van der Waals surface area contributed by atoms with Crippen LogP contribution in [0, 0.1) is 0 Å². The maximum absolute atomic E-state index is 12.8. The average molecular weight is 358 g/mol. The number of nitrogens with zero attached hydrogens (tertiary/aromatic N) is 1. The van der Waals surface area contributed by atoms with Crippen molar-refractivity contribution >= 4 is 21.6 Å². The molecule has 0 atom stereocenters. The van der Waals surface area contributed by atoms with Crippen LogP contribution < -0.4 is 9.62 Å². The van der Waals surface area contributed by atoms with Crippen LogP contribution in [-0.4, -0.2) is 26.9 Å². The third kappa shape index (κ3) is 3.75. The quantitative estimate of drug-likeness (QED) is 0.893. The Labute approximate surface area is 148 Å². The smallest absolute Gasteiger partial charge is 0.241 e. The normalized spacial score (nSPS) is 14.7. The molecule has 0 saturated carbocycles. The summed E-state index contributed by atoms with van der Waals surface area (Å²) in [4.78, 5) is 13.5. The van der Waals surface area contributed by atoms with Gasteiger partial charge in [0.1, 0.15) is 0 Å². The molecule has 0 bridgehead atoms. The molecule has 2 aromatic rings. The molecule has 25 heavy (non-hydrogen) atoms. The maximum atomic E-state index is 12.8. The van der Waals surface area contributed by atoms with Gasteiger partial charge in [0.05, 0.1) is 11.3 Å². The van der Waals surface area contributed by atoms with Gasteiger partial charge in [-0.25, -0.2) is 13.1 Å². The molecule has 0 saturated heterocycles. The van der Waals surface area contributed by atoms with Crippen molar-refractivity contribution in [2.45, 2.75) is 37.1 Å². The summed E-state index contributed by atoms with van der Waals surface area (Å²) < 4.78 is 28.4. The van der Waals surface area contributed by atoms with Crippen LogP contribution in [0.2, 0.25) is 0 Å². The lowest BCUT2D eigenvalue weighted by Gasteiger charge is -2.26. The topological polar surface area (TPSA) is 66.5 Å². The van der Waals surface area contributed by atoms with E-state index in [4.69, 9.17) is 0 Å². The molecule has 1 amide bonds. The first-order valence-electron chi connectivity index (χ1n) is 8.15. The van der Waals surface area contributed by atoms with Crippen LogP contribution in [0.5, 0.6) is 0 Å². The zero-order valence-electron chi connectivity index (χ0n) is 14.6. The standard InChI is InChI=1S/C19H22N2O3S/c1-19(2,13-14-7-5-4-6-8-14)20-25(23,24)16-9-10-17-15(11-16)12-18(22)21(17)3/h4-11,20H,12-13H2,1-3H3. The summed E-state index contributed by atoms with van der Waals surface area (Å²) in [5.41, 5.74) is 1.95. The molecule has 0 radical (unpaired) electrons. The van der Waals surface area contributed by atoms with E-state index in [1.54, 1.807) is 30.1 Å².